The fourth-order valence-electron chi connectivity index (χ4n) is 3.74. The fourth-order valence-corrected chi connectivity index (χ4v) is 5.62. The summed E-state index contributed by atoms with van der Waals surface area (Å²) in [6, 6.07) is 16.9. The van der Waals surface area contributed by atoms with Gasteiger partial charge in [-0.2, -0.15) is 0 Å². The molecule has 0 atom stereocenters. The molecule has 0 aliphatic heterocycles. The van der Waals surface area contributed by atoms with E-state index in [2.05, 4.69) is 70.7 Å². The Bertz CT molecular complexity index is 1480. The van der Waals surface area contributed by atoms with Crippen molar-refractivity contribution in [2.24, 2.45) is 0 Å². The van der Waals surface area contributed by atoms with Gasteiger partial charge in [0.2, 0.25) is 0 Å². The standard InChI is InChI=1S/C29H31Br2NO4Si/c1-29(2,3)37(4,5)35-16-15-34-20-12-13-22-25(18-20)36-27(21-10-6-7-11-24(21)30)23(26(22)33)17-19-9-8-14-32-28(19)31/h6-14,18H,15-17H2,1-5H3. The highest BCUT2D eigenvalue weighted by molar-refractivity contribution is 9.10. The quantitative estimate of drug-likeness (QED) is 0.110. The van der Waals surface area contributed by atoms with Gasteiger partial charge in [-0.05, 0) is 63.9 Å². The molecule has 4 rings (SSSR count). The summed E-state index contributed by atoms with van der Waals surface area (Å²) in [5.74, 6) is 1.16. The van der Waals surface area contributed by atoms with E-state index in [1.165, 1.54) is 0 Å². The van der Waals surface area contributed by atoms with Crippen LogP contribution >= 0.6 is 31.9 Å². The van der Waals surface area contributed by atoms with Gasteiger partial charge in [0.15, 0.2) is 13.7 Å². The molecule has 5 nitrogen and oxygen atoms in total. The van der Waals surface area contributed by atoms with E-state index in [1.807, 2.05) is 42.5 Å². The zero-order valence-corrected chi connectivity index (χ0v) is 25.9. The Hall–Kier alpha value is -2.26. The first kappa shape index (κ1) is 27.8. The van der Waals surface area contributed by atoms with Crippen LogP contribution in [0.4, 0.5) is 0 Å². The predicted molar refractivity (Wildman–Crippen MR) is 159 cm³/mol. The van der Waals surface area contributed by atoms with E-state index >= 15 is 0 Å². The maximum absolute atomic E-state index is 13.8. The summed E-state index contributed by atoms with van der Waals surface area (Å²) >= 11 is 7.13. The second-order valence-electron chi connectivity index (χ2n) is 10.5. The molecule has 0 radical (unpaired) electrons. The summed E-state index contributed by atoms with van der Waals surface area (Å²) in [5.41, 5.74) is 2.70. The Morgan fingerprint density at radius 1 is 1.00 bits per heavy atom. The van der Waals surface area contributed by atoms with Crippen molar-refractivity contribution < 1.29 is 13.6 Å². The third kappa shape index (κ3) is 6.25. The second-order valence-corrected chi connectivity index (χ2v) is 16.9. The number of hydrogen-bond acceptors (Lipinski definition) is 5. The molecule has 8 heteroatoms. The van der Waals surface area contributed by atoms with Crippen molar-refractivity contribution in [1.29, 1.82) is 0 Å². The third-order valence-electron chi connectivity index (χ3n) is 6.90. The molecule has 0 fully saturated rings. The summed E-state index contributed by atoms with van der Waals surface area (Å²) in [7, 11) is -1.84. The summed E-state index contributed by atoms with van der Waals surface area (Å²) < 4.78 is 20.2. The topological polar surface area (TPSA) is 61.6 Å². The molecule has 0 bridgehead atoms. The van der Waals surface area contributed by atoms with Crippen LogP contribution in [0.15, 0.2) is 79.1 Å². The highest BCUT2D eigenvalue weighted by Crippen LogP contribution is 2.37. The molecule has 4 aromatic rings. The SMILES string of the molecule is CC(C)(C)[Si](C)(C)OCCOc1ccc2c(=O)c(Cc3cccnc3Br)c(-c3ccccc3Br)oc2c1. The van der Waals surface area contributed by atoms with E-state index in [-0.39, 0.29) is 10.5 Å². The molecular weight excluding hydrogens is 614 g/mol. The van der Waals surface area contributed by atoms with Gasteiger partial charge in [0, 0.05) is 34.3 Å². The van der Waals surface area contributed by atoms with Crippen LogP contribution < -0.4 is 10.2 Å². The third-order valence-corrected chi connectivity index (χ3v) is 12.8. The van der Waals surface area contributed by atoms with Gasteiger partial charge in [-0.15, -0.1) is 0 Å². The lowest BCUT2D eigenvalue weighted by Crippen LogP contribution is -2.41. The molecule has 37 heavy (non-hydrogen) atoms. The lowest BCUT2D eigenvalue weighted by Gasteiger charge is -2.36. The van der Waals surface area contributed by atoms with E-state index in [1.54, 1.807) is 18.3 Å². The largest absolute Gasteiger partial charge is 0.491 e. The van der Waals surface area contributed by atoms with Crippen molar-refractivity contribution in [3.63, 3.8) is 0 Å². The van der Waals surface area contributed by atoms with Crippen molar-refractivity contribution in [1.82, 2.24) is 4.98 Å². The van der Waals surface area contributed by atoms with Crippen LogP contribution in [-0.4, -0.2) is 26.5 Å². The Labute approximate surface area is 235 Å². The minimum atomic E-state index is -1.84. The van der Waals surface area contributed by atoms with Gasteiger partial charge in [0.05, 0.1) is 12.0 Å². The average molecular weight is 645 g/mol. The maximum atomic E-state index is 13.8. The first-order chi connectivity index (χ1) is 17.5. The van der Waals surface area contributed by atoms with E-state index in [0.717, 1.165) is 15.6 Å². The number of halogens is 2. The molecule has 2 aromatic carbocycles. The molecule has 2 aromatic heterocycles. The lowest BCUT2D eigenvalue weighted by atomic mass is 9.99. The molecular formula is C29H31Br2NO4Si. The molecule has 0 aliphatic rings. The molecule has 0 saturated heterocycles. The molecule has 0 unspecified atom stereocenters. The summed E-state index contributed by atoms with van der Waals surface area (Å²) in [4.78, 5) is 18.1. The summed E-state index contributed by atoms with van der Waals surface area (Å²) in [6.07, 6.45) is 2.09. The molecule has 2 heterocycles. The van der Waals surface area contributed by atoms with Crippen LogP contribution in [-0.2, 0) is 10.8 Å². The second kappa shape index (κ2) is 11.2. The van der Waals surface area contributed by atoms with Crippen LogP contribution in [0.3, 0.4) is 0 Å². The maximum Gasteiger partial charge on any atom is 0.196 e. The molecule has 194 valence electrons. The van der Waals surface area contributed by atoms with Gasteiger partial charge < -0.3 is 13.6 Å². The molecule has 0 aliphatic carbocycles. The van der Waals surface area contributed by atoms with Gasteiger partial charge in [0.1, 0.15) is 28.3 Å². The first-order valence-corrected chi connectivity index (χ1v) is 16.7. The van der Waals surface area contributed by atoms with Crippen molar-refractivity contribution in [2.45, 2.75) is 45.3 Å². The number of aromatic nitrogens is 1. The Morgan fingerprint density at radius 3 is 2.46 bits per heavy atom. The Kier molecular flexibility index (Phi) is 8.43. The van der Waals surface area contributed by atoms with Crippen LogP contribution in [0.25, 0.3) is 22.3 Å². The summed E-state index contributed by atoms with van der Waals surface area (Å²) in [6.45, 7) is 12.0. The number of fused-ring (bicyclic) bond motifs is 1. The van der Waals surface area contributed by atoms with Gasteiger partial charge in [0.25, 0.3) is 0 Å². The molecule has 0 N–H and O–H groups in total. The Balaban J connectivity index is 1.69. The van der Waals surface area contributed by atoms with Crippen LogP contribution in [0.5, 0.6) is 5.75 Å². The fraction of sp³-hybridized carbons (Fsp3) is 0.310. The smallest absolute Gasteiger partial charge is 0.196 e. The van der Waals surface area contributed by atoms with Crippen molar-refractivity contribution in [3.05, 3.63) is 91.2 Å². The van der Waals surface area contributed by atoms with Crippen molar-refractivity contribution in [3.8, 4) is 17.1 Å². The van der Waals surface area contributed by atoms with Crippen LogP contribution in [0.2, 0.25) is 18.1 Å². The molecule has 0 amide bonds. The van der Waals surface area contributed by atoms with Gasteiger partial charge in [-0.1, -0.05) is 61.0 Å². The van der Waals surface area contributed by atoms with Gasteiger partial charge >= 0.3 is 0 Å². The Morgan fingerprint density at radius 2 is 1.76 bits per heavy atom. The minimum absolute atomic E-state index is 0.0735. The average Bonchev–Trinajstić information content (AvgIpc) is 2.84. The van der Waals surface area contributed by atoms with E-state index < -0.39 is 8.32 Å². The van der Waals surface area contributed by atoms with Crippen molar-refractivity contribution in [2.75, 3.05) is 13.2 Å². The highest BCUT2D eigenvalue weighted by atomic mass is 79.9. The van der Waals surface area contributed by atoms with E-state index in [0.29, 0.717) is 52.3 Å². The predicted octanol–water partition coefficient (Wildman–Crippen LogP) is 8.37. The molecule has 0 spiro atoms. The number of benzene rings is 2. The van der Waals surface area contributed by atoms with Gasteiger partial charge in [-0.25, -0.2) is 4.98 Å². The first-order valence-electron chi connectivity index (χ1n) is 12.2. The van der Waals surface area contributed by atoms with Crippen LogP contribution in [0.1, 0.15) is 31.9 Å². The van der Waals surface area contributed by atoms with E-state index in [9.17, 15) is 4.79 Å². The van der Waals surface area contributed by atoms with Gasteiger partial charge in [-0.3, -0.25) is 4.79 Å². The number of ether oxygens (including phenoxy) is 1. The normalized spacial score (nSPS) is 12.2. The number of pyridine rings is 1. The van der Waals surface area contributed by atoms with E-state index in [4.69, 9.17) is 13.6 Å². The zero-order chi connectivity index (χ0) is 26.8. The highest BCUT2D eigenvalue weighted by Gasteiger charge is 2.36. The summed E-state index contributed by atoms with van der Waals surface area (Å²) in [5, 5.41) is 0.653. The minimum Gasteiger partial charge on any atom is -0.491 e. The zero-order valence-electron chi connectivity index (χ0n) is 21.7. The lowest BCUT2D eigenvalue weighted by molar-refractivity contribution is 0.203. The number of nitrogens with zero attached hydrogens (tertiary/aromatic N) is 1. The molecule has 0 saturated carbocycles. The number of hydrogen-bond donors (Lipinski definition) is 0. The van der Waals surface area contributed by atoms with Crippen molar-refractivity contribution >= 4 is 51.1 Å². The van der Waals surface area contributed by atoms with Crippen LogP contribution in [0, 0.1) is 0 Å². The number of rotatable bonds is 8. The monoisotopic (exact) mass is 643 g/mol.